The molecule has 2 heterocycles. The Morgan fingerprint density at radius 1 is 1.26 bits per heavy atom. The van der Waals surface area contributed by atoms with Crippen molar-refractivity contribution in [1.29, 1.82) is 0 Å². The molecule has 0 bridgehead atoms. The molecule has 19 heavy (non-hydrogen) atoms. The van der Waals surface area contributed by atoms with Gasteiger partial charge in [-0.2, -0.15) is 0 Å². The van der Waals surface area contributed by atoms with Crippen LogP contribution in [-0.4, -0.2) is 29.2 Å². The maximum Gasteiger partial charge on any atom is 0.133 e. The average molecular weight is 263 g/mol. The Hall–Kier alpha value is -1.16. The SMILES string of the molecule is CCCNc1nc(CC2CCCCO2)nc(C)c1C. The fraction of sp³-hybridized carbons (Fsp3) is 0.733. The Morgan fingerprint density at radius 3 is 2.79 bits per heavy atom. The third-order valence-electron chi connectivity index (χ3n) is 3.66. The van der Waals surface area contributed by atoms with E-state index in [0.717, 1.165) is 55.3 Å². The van der Waals surface area contributed by atoms with Crippen molar-refractivity contribution in [1.82, 2.24) is 9.97 Å². The lowest BCUT2D eigenvalue weighted by Crippen LogP contribution is -2.23. The Morgan fingerprint density at radius 2 is 2.11 bits per heavy atom. The van der Waals surface area contributed by atoms with Gasteiger partial charge in [0.15, 0.2) is 0 Å². The number of aryl methyl sites for hydroxylation is 1. The molecule has 4 nitrogen and oxygen atoms in total. The number of hydrogen-bond acceptors (Lipinski definition) is 4. The van der Waals surface area contributed by atoms with Gasteiger partial charge in [-0.3, -0.25) is 0 Å². The van der Waals surface area contributed by atoms with E-state index >= 15 is 0 Å². The molecule has 0 radical (unpaired) electrons. The molecule has 0 aliphatic carbocycles. The molecule has 1 unspecified atom stereocenters. The predicted molar refractivity (Wildman–Crippen MR) is 77.6 cm³/mol. The largest absolute Gasteiger partial charge is 0.378 e. The maximum atomic E-state index is 5.77. The molecular weight excluding hydrogens is 238 g/mol. The maximum absolute atomic E-state index is 5.77. The van der Waals surface area contributed by atoms with Gasteiger partial charge in [0.25, 0.3) is 0 Å². The minimum atomic E-state index is 0.301. The van der Waals surface area contributed by atoms with Crippen LogP contribution in [0, 0.1) is 13.8 Å². The molecule has 1 N–H and O–H groups in total. The monoisotopic (exact) mass is 263 g/mol. The van der Waals surface area contributed by atoms with Gasteiger partial charge in [-0.05, 0) is 39.5 Å². The molecule has 0 amide bonds. The van der Waals surface area contributed by atoms with Crippen LogP contribution in [0.3, 0.4) is 0 Å². The van der Waals surface area contributed by atoms with Crippen LogP contribution in [-0.2, 0) is 11.2 Å². The first-order chi connectivity index (χ1) is 9.20. The molecule has 1 aliphatic rings. The first-order valence-corrected chi connectivity index (χ1v) is 7.40. The van der Waals surface area contributed by atoms with Crippen molar-refractivity contribution in [3.05, 3.63) is 17.1 Å². The van der Waals surface area contributed by atoms with E-state index in [2.05, 4.69) is 36.1 Å². The Balaban J connectivity index is 2.08. The van der Waals surface area contributed by atoms with Crippen LogP contribution in [0.2, 0.25) is 0 Å². The molecule has 0 spiro atoms. The second-order valence-corrected chi connectivity index (χ2v) is 5.32. The zero-order valence-corrected chi connectivity index (χ0v) is 12.3. The van der Waals surface area contributed by atoms with E-state index in [1.807, 2.05) is 0 Å². The van der Waals surface area contributed by atoms with Crippen LogP contribution >= 0.6 is 0 Å². The molecule has 4 heteroatoms. The number of rotatable bonds is 5. The van der Waals surface area contributed by atoms with Crippen molar-refractivity contribution in [2.75, 3.05) is 18.5 Å². The molecule has 1 saturated heterocycles. The van der Waals surface area contributed by atoms with Gasteiger partial charge in [0, 0.05) is 30.8 Å². The van der Waals surface area contributed by atoms with Crippen molar-refractivity contribution < 1.29 is 4.74 Å². The van der Waals surface area contributed by atoms with Crippen molar-refractivity contribution in [3.63, 3.8) is 0 Å². The molecule has 0 aromatic carbocycles. The highest BCUT2D eigenvalue weighted by Crippen LogP contribution is 2.19. The second-order valence-electron chi connectivity index (χ2n) is 5.32. The summed E-state index contributed by atoms with van der Waals surface area (Å²) >= 11 is 0. The summed E-state index contributed by atoms with van der Waals surface area (Å²) in [6, 6.07) is 0. The number of nitrogens with zero attached hydrogens (tertiary/aromatic N) is 2. The van der Waals surface area contributed by atoms with Gasteiger partial charge in [0.2, 0.25) is 0 Å². The summed E-state index contributed by atoms with van der Waals surface area (Å²) in [7, 11) is 0. The van der Waals surface area contributed by atoms with E-state index in [4.69, 9.17) is 4.74 Å². The van der Waals surface area contributed by atoms with Crippen molar-refractivity contribution in [2.24, 2.45) is 0 Å². The smallest absolute Gasteiger partial charge is 0.133 e. The Kier molecular flexibility index (Phi) is 5.14. The lowest BCUT2D eigenvalue weighted by molar-refractivity contribution is 0.0156. The van der Waals surface area contributed by atoms with Gasteiger partial charge in [-0.15, -0.1) is 0 Å². The molecule has 1 aromatic rings. The second kappa shape index (κ2) is 6.85. The molecule has 1 aliphatic heterocycles. The summed E-state index contributed by atoms with van der Waals surface area (Å²) in [6.07, 6.45) is 5.82. The van der Waals surface area contributed by atoms with Gasteiger partial charge in [0.1, 0.15) is 11.6 Å². The molecule has 1 fully saturated rings. The number of hydrogen-bond donors (Lipinski definition) is 1. The summed E-state index contributed by atoms with van der Waals surface area (Å²) in [6.45, 7) is 8.13. The predicted octanol–water partition coefficient (Wildman–Crippen LogP) is 3.03. The van der Waals surface area contributed by atoms with Gasteiger partial charge < -0.3 is 10.1 Å². The molecule has 106 valence electrons. The zero-order valence-electron chi connectivity index (χ0n) is 12.3. The summed E-state index contributed by atoms with van der Waals surface area (Å²) < 4.78 is 5.77. The molecule has 1 atom stereocenters. The average Bonchev–Trinajstić information content (AvgIpc) is 2.42. The fourth-order valence-corrected chi connectivity index (χ4v) is 2.37. The molecule has 2 rings (SSSR count). The van der Waals surface area contributed by atoms with E-state index in [0.29, 0.717) is 6.10 Å². The van der Waals surface area contributed by atoms with Crippen LogP contribution < -0.4 is 5.32 Å². The summed E-state index contributed by atoms with van der Waals surface area (Å²) in [4.78, 5) is 9.27. The lowest BCUT2D eigenvalue weighted by Gasteiger charge is -2.22. The summed E-state index contributed by atoms with van der Waals surface area (Å²) in [5, 5.41) is 3.39. The van der Waals surface area contributed by atoms with Crippen LogP contribution in [0.15, 0.2) is 0 Å². The highest BCUT2D eigenvalue weighted by atomic mass is 16.5. The first kappa shape index (κ1) is 14.3. The molecule has 0 saturated carbocycles. The van der Waals surface area contributed by atoms with E-state index in [1.165, 1.54) is 12.8 Å². The van der Waals surface area contributed by atoms with E-state index in [-0.39, 0.29) is 0 Å². The fourth-order valence-electron chi connectivity index (χ4n) is 2.37. The standard InChI is InChI=1S/C15H25N3O/c1-4-8-16-15-11(2)12(3)17-14(18-15)10-13-7-5-6-9-19-13/h13H,4-10H2,1-3H3,(H,16,17,18). The van der Waals surface area contributed by atoms with E-state index in [1.54, 1.807) is 0 Å². The lowest BCUT2D eigenvalue weighted by atomic mass is 10.1. The third-order valence-corrected chi connectivity index (χ3v) is 3.66. The minimum absolute atomic E-state index is 0.301. The summed E-state index contributed by atoms with van der Waals surface area (Å²) in [5.74, 6) is 1.90. The number of anilines is 1. The number of aromatic nitrogens is 2. The van der Waals surface area contributed by atoms with E-state index in [9.17, 15) is 0 Å². The highest BCUT2D eigenvalue weighted by Gasteiger charge is 2.17. The third kappa shape index (κ3) is 3.90. The van der Waals surface area contributed by atoms with Crippen LogP contribution in [0.4, 0.5) is 5.82 Å². The van der Waals surface area contributed by atoms with Gasteiger partial charge in [-0.1, -0.05) is 6.92 Å². The molecular formula is C15H25N3O. The van der Waals surface area contributed by atoms with Crippen molar-refractivity contribution >= 4 is 5.82 Å². The minimum Gasteiger partial charge on any atom is -0.378 e. The quantitative estimate of drug-likeness (QED) is 0.887. The first-order valence-electron chi connectivity index (χ1n) is 7.40. The van der Waals surface area contributed by atoms with Gasteiger partial charge in [0.05, 0.1) is 6.10 Å². The Bertz CT molecular complexity index is 414. The van der Waals surface area contributed by atoms with Crippen molar-refractivity contribution in [3.8, 4) is 0 Å². The van der Waals surface area contributed by atoms with Gasteiger partial charge >= 0.3 is 0 Å². The normalized spacial score (nSPS) is 19.4. The molecule has 1 aromatic heterocycles. The topological polar surface area (TPSA) is 47.0 Å². The van der Waals surface area contributed by atoms with Crippen LogP contribution in [0.1, 0.15) is 49.7 Å². The number of nitrogens with one attached hydrogen (secondary N) is 1. The Labute approximate surface area is 116 Å². The number of ether oxygens (including phenoxy) is 1. The highest BCUT2D eigenvalue weighted by molar-refractivity contribution is 5.45. The summed E-state index contributed by atoms with van der Waals surface area (Å²) in [5.41, 5.74) is 2.22. The van der Waals surface area contributed by atoms with Crippen LogP contribution in [0.25, 0.3) is 0 Å². The van der Waals surface area contributed by atoms with Crippen LogP contribution in [0.5, 0.6) is 0 Å². The van der Waals surface area contributed by atoms with Gasteiger partial charge in [-0.25, -0.2) is 9.97 Å². The van der Waals surface area contributed by atoms with E-state index < -0.39 is 0 Å². The van der Waals surface area contributed by atoms with Crippen molar-refractivity contribution in [2.45, 2.75) is 59.0 Å². The zero-order chi connectivity index (χ0) is 13.7.